The normalized spacial score (nSPS) is 15.6. The number of hydrogen-bond donors (Lipinski definition) is 0. The third kappa shape index (κ3) is 2.97. The Balaban J connectivity index is 1.54. The van der Waals surface area contributed by atoms with Crippen LogP contribution in [-0.2, 0) is 0 Å². The molecule has 7 heteroatoms. The molecule has 1 saturated heterocycles. The molecule has 0 aliphatic carbocycles. The van der Waals surface area contributed by atoms with Crippen molar-refractivity contribution in [3.8, 4) is 11.4 Å². The van der Waals surface area contributed by atoms with Gasteiger partial charge in [-0.25, -0.2) is 19.6 Å². The van der Waals surface area contributed by atoms with Crippen molar-refractivity contribution in [3.63, 3.8) is 0 Å². The van der Waals surface area contributed by atoms with Crippen molar-refractivity contribution in [1.82, 2.24) is 29.7 Å². The zero-order valence-electron chi connectivity index (χ0n) is 13.6. The summed E-state index contributed by atoms with van der Waals surface area (Å²) in [7, 11) is 0. The third-order valence-electron chi connectivity index (χ3n) is 4.36. The lowest BCUT2D eigenvalue weighted by Crippen LogP contribution is -2.35. The van der Waals surface area contributed by atoms with Gasteiger partial charge in [-0.3, -0.25) is 4.98 Å². The van der Waals surface area contributed by atoms with Gasteiger partial charge in [-0.05, 0) is 31.9 Å². The van der Waals surface area contributed by atoms with Gasteiger partial charge in [-0.15, -0.1) is 0 Å². The lowest BCUT2D eigenvalue weighted by Gasteiger charge is -2.32. The van der Waals surface area contributed by atoms with Crippen molar-refractivity contribution >= 4 is 5.82 Å². The fourth-order valence-corrected chi connectivity index (χ4v) is 3.10. The second kappa shape index (κ2) is 6.35. The van der Waals surface area contributed by atoms with E-state index in [0.717, 1.165) is 48.8 Å². The first-order valence-corrected chi connectivity index (χ1v) is 8.15. The summed E-state index contributed by atoms with van der Waals surface area (Å²) in [4.78, 5) is 19.8. The van der Waals surface area contributed by atoms with E-state index < -0.39 is 0 Å². The maximum Gasteiger partial charge on any atom is 0.163 e. The zero-order valence-corrected chi connectivity index (χ0v) is 13.6. The van der Waals surface area contributed by atoms with Crippen LogP contribution >= 0.6 is 0 Å². The molecule has 3 aromatic heterocycles. The SMILES string of the molecule is Cc1cc(N2CCC(n3cncn3)CC2)nc(-c2cccnc2)n1. The van der Waals surface area contributed by atoms with E-state index in [1.54, 1.807) is 25.0 Å². The molecule has 0 N–H and O–H groups in total. The molecule has 1 fully saturated rings. The Kier molecular flexibility index (Phi) is 3.90. The molecule has 4 heterocycles. The number of aryl methyl sites for hydroxylation is 1. The topological polar surface area (TPSA) is 72.6 Å². The van der Waals surface area contributed by atoms with Crippen molar-refractivity contribution in [2.75, 3.05) is 18.0 Å². The van der Waals surface area contributed by atoms with Gasteiger partial charge in [-0.2, -0.15) is 5.10 Å². The number of hydrogen-bond acceptors (Lipinski definition) is 6. The van der Waals surface area contributed by atoms with E-state index in [1.807, 2.05) is 23.7 Å². The van der Waals surface area contributed by atoms with Gasteiger partial charge in [0.25, 0.3) is 0 Å². The van der Waals surface area contributed by atoms with Crippen LogP contribution < -0.4 is 4.90 Å². The van der Waals surface area contributed by atoms with Gasteiger partial charge < -0.3 is 4.90 Å². The molecule has 3 aromatic rings. The van der Waals surface area contributed by atoms with Gasteiger partial charge in [0, 0.05) is 42.8 Å². The molecule has 122 valence electrons. The van der Waals surface area contributed by atoms with Gasteiger partial charge >= 0.3 is 0 Å². The van der Waals surface area contributed by atoms with E-state index in [1.165, 1.54) is 0 Å². The molecule has 0 aromatic carbocycles. The van der Waals surface area contributed by atoms with Gasteiger partial charge in [0.2, 0.25) is 0 Å². The van der Waals surface area contributed by atoms with Crippen LogP contribution in [0.1, 0.15) is 24.6 Å². The van der Waals surface area contributed by atoms with Gasteiger partial charge in [0.15, 0.2) is 5.82 Å². The monoisotopic (exact) mass is 321 g/mol. The van der Waals surface area contributed by atoms with E-state index in [2.05, 4.69) is 31.0 Å². The van der Waals surface area contributed by atoms with E-state index in [-0.39, 0.29) is 0 Å². The van der Waals surface area contributed by atoms with E-state index in [9.17, 15) is 0 Å². The highest BCUT2D eigenvalue weighted by molar-refractivity contribution is 5.56. The summed E-state index contributed by atoms with van der Waals surface area (Å²) in [5.41, 5.74) is 1.91. The molecule has 0 unspecified atom stereocenters. The molecule has 0 radical (unpaired) electrons. The van der Waals surface area contributed by atoms with E-state index in [4.69, 9.17) is 4.98 Å². The van der Waals surface area contributed by atoms with Crippen LogP contribution in [0.3, 0.4) is 0 Å². The first-order chi connectivity index (χ1) is 11.8. The van der Waals surface area contributed by atoms with E-state index in [0.29, 0.717) is 6.04 Å². The number of pyridine rings is 1. The average Bonchev–Trinajstić information content (AvgIpc) is 3.17. The van der Waals surface area contributed by atoms with Crippen LogP contribution in [-0.4, -0.2) is 42.8 Å². The fourth-order valence-electron chi connectivity index (χ4n) is 3.10. The van der Waals surface area contributed by atoms with Crippen molar-refractivity contribution in [2.45, 2.75) is 25.8 Å². The summed E-state index contributed by atoms with van der Waals surface area (Å²) < 4.78 is 1.96. The molecular weight excluding hydrogens is 302 g/mol. The first-order valence-electron chi connectivity index (χ1n) is 8.15. The summed E-state index contributed by atoms with van der Waals surface area (Å²) in [5, 5.41) is 4.26. The Morgan fingerprint density at radius 1 is 1.12 bits per heavy atom. The summed E-state index contributed by atoms with van der Waals surface area (Å²) in [5.74, 6) is 1.72. The zero-order chi connectivity index (χ0) is 16.4. The molecule has 0 bridgehead atoms. The second-order valence-corrected chi connectivity index (χ2v) is 6.03. The largest absolute Gasteiger partial charge is 0.356 e. The summed E-state index contributed by atoms with van der Waals surface area (Å²) in [6, 6.07) is 6.37. The number of nitrogens with zero attached hydrogens (tertiary/aromatic N) is 7. The average molecular weight is 321 g/mol. The predicted molar refractivity (Wildman–Crippen MR) is 90.5 cm³/mol. The second-order valence-electron chi connectivity index (χ2n) is 6.03. The maximum absolute atomic E-state index is 4.76. The molecule has 4 rings (SSSR count). The Morgan fingerprint density at radius 3 is 2.71 bits per heavy atom. The summed E-state index contributed by atoms with van der Waals surface area (Å²) >= 11 is 0. The molecule has 0 atom stereocenters. The highest BCUT2D eigenvalue weighted by atomic mass is 15.3. The molecule has 0 amide bonds. The lowest BCUT2D eigenvalue weighted by atomic mass is 10.1. The quantitative estimate of drug-likeness (QED) is 0.737. The van der Waals surface area contributed by atoms with Crippen LogP contribution in [0.2, 0.25) is 0 Å². The van der Waals surface area contributed by atoms with Crippen LogP contribution in [0.5, 0.6) is 0 Å². The minimum absolute atomic E-state index is 0.421. The Labute approximate surface area is 140 Å². The molecule has 0 spiro atoms. The van der Waals surface area contributed by atoms with Crippen LogP contribution in [0.25, 0.3) is 11.4 Å². The minimum Gasteiger partial charge on any atom is -0.356 e. The van der Waals surface area contributed by atoms with Gasteiger partial charge in [0.1, 0.15) is 18.5 Å². The van der Waals surface area contributed by atoms with Gasteiger partial charge in [0.05, 0.1) is 6.04 Å². The first kappa shape index (κ1) is 14.7. The van der Waals surface area contributed by atoms with Crippen molar-refractivity contribution in [1.29, 1.82) is 0 Å². The highest BCUT2D eigenvalue weighted by Crippen LogP contribution is 2.26. The Morgan fingerprint density at radius 2 is 2.00 bits per heavy atom. The number of rotatable bonds is 3. The smallest absolute Gasteiger partial charge is 0.163 e. The van der Waals surface area contributed by atoms with Gasteiger partial charge in [-0.1, -0.05) is 0 Å². The standard InChI is InChI=1S/C17H19N7/c1-13-9-16(22-17(21-13)14-3-2-6-18-10-14)23-7-4-15(5-8-23)24-12-19-11-20-24/h2-3,6,9-12,15H,4-5,7-8H2,1H3. The summed E-state index contributed by atoms with van der Waals surface area (Å²) in [6.07, 6.45) is 9.03. The maximum atomic E-state index is 4.76. The number of aromatic nitrogens is 6. The minimum atomic E-state index is 0.421. The third-order valence-corrected chi connectivity index (χ3v) is 4.36. The highest BCUT2D eigenvalue weighted by Gasteiger charge is 2.22. The molecular formula is C17H19N7. The lowest BCUT2D eigenvalue weighted by molar-refractivity contribution is 0.365. The number of anilines is 1. The van der Waals surface area contributed by atoms with Crippen LogP contribution in [0, 0.1) is 6.92 Å². The Bertz CT molecular complexity index is 793. The molecule has 24 heavy (non-hydrogen) atoms. The molecule has 1 aliphatic heterocycles. The molecule has 0 saturated carbocycles. The van der Waals surface area contributed by atoms with Crippen molar-refractivity contribution in [3.05, 3.63) is 48.9 Å². The van der Waals surface area contributed by atoms with Crippen LogP contribution in [0.15, 0.2) is 43.2 Å². The fraction of sp³-hybridized carbons (Fsp3) is 0.353. The Hall–Kier alpha value is -2.83. The van der Waals surface area contributed by atoms with Crippen LogP contribution in [0.4, 0.5) is 5.82 Å². The van der Waals surface area contributed by atoms with E-state index >= 15 is 0 Å². The van der Waals surface area contributed by atoms with Crippen molar-refractivity contribution < 1.29 is 0 Å². The molecule has 1 aliphatic rings. The molecule has 7 nitrogen and oxygen atoms in total. The summed E-state index contributed by atoms with van der Waals surface area (Å²) in [6.45, 7) is 3.91. The number of piperidine rings is 1. The predicted octanol–water partition coefficient (Wildman–Crippen LogP) is 2.28. The van der Waals surface area contributed by atoms with Crippen molar-refractivity contribution in [2.24, 2.45) is 0 Å².